The standard InChI is InChI=1S/C9H9ClN2O/c1-2-12-8-5-6(13)3-4-7(8)9(10)11-12/h3-5,13H,2H2,1H3. The summed E-state index contributed by atoms with van der Waals surface area (Å²) in [5.41, 5.74) is 0.868. The number of phenols is 1. The molecule has 0 fully saturated rings. The van der Waals surface area contributed by atoms with Crippen LogP contribution in [0.25, 0.3) is 10.9 Å². The predicted molar refractivity (Wildman–Crippen MR) is 52.1 cm³/mol. The minimum absolute atomic E-state index is 0.235. The minimum Gasteiger partial charge on any atom is -0.508 e. The van der Waals surface area contributed by atoms with Crippen molar-refractivity contribution in [3.05, 3.63) is 23.4 Å². The second-order valence-electron chi connectivity index (χ2n) is 2.81. The van der Waals surface area contributed by atoms with Crippen molar-refractivity contribution >= 4 is 22.5 Å². The van der Waals surface area contributed by atoms with Gasteiger partial charge in [0.15, 0.2) is 5.15 Å². The van der Waals surface area contributed by atoms with Gasteiger partial charge in [0.25, 0.3) is 0 Å². The van der Waals surface area contributed by atoms with Gasteiger partial charge in [0.1, 0.15) is 5.75 Å². The summed E-state index contributed by atoms with van der Waals surface area (Å²) in [5.74, 6) is 0.235. The normalized spacial score (nSPS) is 10.9. The average Bonchev–Trinajstić information content (AvgIpc) is 2.42. The number of hydrogen-bond acceptors (Lipinski definition) is 2. The zero-order chi connectivity index (χ0) is 9.42. The zero-order valence-electron chi connectivity index (χ0n) is 7.16. The molecule has 0 radical (unpaired) electrons. The molecule has 1 aromatic heterocycles. The van der Waals surface area contributed by atoms with Crippen molar-refractivity contribution in [2.24, 2.45) is 0 Å². The number of halogens is 1. The molecule has 0 amide bonds. The van der Waals surface area contributed by atoms with Crippen LogP contribution in [0, 0.1) is 0 Å². The average molecular weight is 197 g/mol. The van der Waals surface area contributed by atoms with Gasteiger partial charge in [-0.3, -0.25) is 4.68 Å². The first-order valence-electron chi connectivity index (χ1n) is 4.07. The quantitative estimate of drug-likeness (QED) is 0.761. The van der Waals surface area contributed by atoms with Crippen LogP contribution in [-0.4, -0.2) is 14.9 Å². The lowest BCUT2D eigenvalue weighted by Gasteiger charge is -1.97. The highest BCUT2D eigenvalue weighted by molar-refractivity contribution is 6.34. The van der Waals surface area contributed by atoms with Crippen molar-refractivity contribution < 1.29 is 5.11 Å². The maximum absolute atomic E-state index is 9.28. The SMILES string of the molecule is CCn1nc(Cl)c2ccc(O)cc21. The predicted octanol–water partition coefficient (Wildman–Crippen LogP) is 2.42. The van der Waals surface area contributed by atoms with Crippen molar-refractivity contribution in [1.29, 1.82) is 0 Å². The Kier molecular flexibility index (Phi) is 1.88. The Morgan fingerprint density at radius 3 is 3.00 bits per heavy atom. The van der Waals surface area contributed by atoms with Crippen LogP contribution in [-0.2, 0) is 6.54 Å². The summed E-state index contributed by atoms with van der Waals surface area (Å²) in [6, 6.07) is 5.04. The van der Waals surface area contributed by atoms with E-state index in [0.29, 0.717) is 5.15 Å². The van der Waals surface area contributed by atoms with Crippen LogP contribution in [0.1, 0.15) is 6.92 Å². The van der Waals surface area contributed by atoms with Crippen molar-refractivity contribution in [3.63, 3.8) is 0 Å². The van der Waals surface area contributed by atoms with Crippen molar-refractivity contribution in [2.75, 3.05) is 0 Å². The van der Waals surface area contributed by atoms with Gasteiger partial charge in [-0.15, -0.1) is 0 Å². The first-order chi connectivity index (χ1) is 6.22. The summed E-state index contributed by atoms with van der Waals surface area (Å²) in [5, 5.41) is 14.8. The summed E-state index contributed by atoms with van der Waals surface area (Å²) in [6.07, 6.45) is 0. The van der Waals surface area contributed by atoms with Crippen LogP contribution in [0.15, 0.2) is 18.2 Å². The maximum atomic E-state index is 9.28. The summed E-state index contributed by atoms with van der Waals surface area (Å²) in [6.45, 7) is 2.72. The summed E-state index contributed by atoms with van der Waals surface area (Å²) < 4.78 is 1.76. The van der Waals surface area contributed by atoms with E-state index in [0.717, 1.165) is 17.4 Å². The number of rotatable bonds is 1. The zero-order valence-corrected chi connectivity index (χ0v) is 7.91. The fraction of sp³-hybridized carbons (Fsp3) is 0.222. The van der Waals surface area contributed by atoms with Gasteiger partial charge in [-0.1, -0.05) is 11.6 Å². The lowest BCUT2D eigenvalue weighted by molar-refractivity contribution is 0.475. The van der Waals surface area contributed by atoms with Crippen molar-refractivity contribution in [2.45, 2.75) is 13.5 Å². The number of phenolic OH excluding ortho intramolecular Hbond substituents is 1. The Hall–Kier alpha value is -1.22. The highest BCUT2D eigenvalue weighted by atomic mass is 35.5. The second-order valence-corrected chi connectivity index (χ2v) is 3.17. The summed E-state index contributed by atoms with van der Waals surface area (Å²) in [4.78, 5) is 0. The Morgan fingerprint density at radius 2 is 2.31 bits per heavy atom. The molecule has 0 saturated carbocycles. The number of hydrogen-bond donors (Lipinski definition) is 1. The van der Waals surface area contributed by atoms with Gasteiger partial charge >= 0.3 is 0 Å². The molecule has 2 rings (SSSR count). The lowest BCUT2D eigenvalue weighted by Crippen LogP contribution is -1.94. The van der Waals surface area contributed by atoms with Gasteiger partial charge in [0, 0.05) is 18.0 Å². The van der Waals surface area contributed by atoms with Crippen molar-refractivity contribution in [3.8, 4) is 5.75 Å². The van der Waals surface area contributed by atoms with Crippen molar-refractivity contribution in [1.82, 2.24) is 9.78 Å². The van der Waals surface area contributed by atoms with Gasteiger partial charge in [-0.25, -0.2) is 0 Å². The van der Waals surface area contributed by atoms with Gasteiger partial charge in [-0.05, 0) is 19.1 Å². The molecule has 0 aliphatic heterocycles. The number of aromatic nitrogens is 2. The summed E-state index contributed by atoms with van der Waals surface area (Å²) >= 11 is 5.90. The molecule has 3 nitrogen and oxygen atoms in total. The molecular formula is C9H9ClN2O. The second kappa shape index (κ2) is 2.92. The number of fused-ring (bicyclic) bond motifs is 1. The molecule has 1 aromatic carbocycles. The summed E-state index contributed by atoms with van der Waals surface area (Å²) in [7, 11) is 0. The van der Waals surface area contributed by atoms with Crippen LogP contribution in [0.4, 0.5) is 0 Å². The van der Waals surface area contributed by atoms with E-state index < -0.39 is 0 Å². The molecule has 0 aliphatic carbocycles. The van der Waals surface area contributed by atoms with Gasteiger partial charge in [0.05, 0.1) is 5.52 Å². The highest BCUT2D eigenvalue weighted by Gasteiger charge is 2.07. The van der Waals surface area contributed by atoms with Crippen LogP contribution < -0.4 is 0 Å². The van der Waals surface area contributed by atoms with E-state index >= 15 is 0 Å². The first-order valence-corrected chi connectivity index (χ1v) is 4.45. The highest BCUT2D eigenvalue weighted by Crippen LogP contribution is 2.25. The Balaban J connectivity index is 2.81. The number of aryl methyl sites for hydroxylation is 1. The molecule has 2 aromatic rings. The third-order valence-corrected chi connectivity index (χ3v) is 2.27. The Labute approximate surface area is 80.5 Å². The molecule has 0 aliphatic rings. The van der Waals surface area contributed by atoms with E-state index in [2.05, 4.69) is 5.10 Å². The Morgan fingerprint density at radius 1 is 1.54 bits per heavy atom. The molecule has 68 valence electrons. The molecule has 0 bridgehead atoms. The van der Waals surface area contributed by atoms with E-state index in [9.17, 15) is 5.11 Å². The molecule has 1 N–H and O–H groups in total. The van der Waals surface area contributed by atoms with E-state index in [-0.39, 0.29) is 5.75 Å². The van der Waals surface area contributed by atoms with Crippen LogP contribution >= 0.6 is 11.6 Å². The van der Waals surface area contributed by atoms with Crippen LogP contribution in [0.3, 0.4) is 0 Å². The van der Waals surface area contributed by atoms with Gasteiger partial charge in [-0.2, -0.15) is 5.10 Å². The fourth-order valence-electron chi connectivity index (χ4n) is 1.36. The number of nitrogens with zero attached hydrogens (tertiary/aromatic N) is 2. The van der Waals surface area contributed by atoms with E-state index in [1.165, 1.54) is 0 Å². The van der Waals surface area contributed by atoms with Crippen LogP contribution in [0.2, 0.25) is 5.15 Å². The topological polar surface area (TPSA) is 38.0 Å². The monoisotopic (exact) mass is 196 g/mol. The molecule has 1 heterocycles. The van der Waals surface area contributed by atoms with E-state index in [1.807, 2.05) is 6.92 Å². The Bertz CT molecular complexity index is 450. The van der Waals surface area contributed by atoms with E-state index in [4.69, 9.17) is 11.6 Å². The van der Waals surface area contributed by atoms with Gasteiger partial charge < -0.3 is 5.11 Å². The maximum Gasteiger partial charge on any atom is 0.158 e. The minimum atomic E-state index is 0.235. The molecule has 0 saturated heterocycles. The first kappa shape index (κ1) is 8.38. The van der Waals surface area contributed by atoms with Crippen LogP contribution in [0.5, 0.6) is 5.75 Å². The molecule has 4 heteroatoms. The molecule has 13 heavy (non-hydrogen) atoms. The smallest absolute Gasteiger partial charge is 0.158 e. The molecule has 0 spiro atoms. The third-order valence-electron chi connectivity index (χ3n) is 1.99. The molecule has 0 atom stereocenters. The lowest BCUT2D eigenvalue weighted by atomic mass is 10.2. The fourth-order valence-corrected chi connectivity index (χ4v) is 1.61. The number of aromatic hydroxyl groups is 1. The molecule has 0 unspecified atom stereocenters. The van der Waals surface area contributed by atoms with E-state index in [1.54, 1.807) is 22.9 Å². The van der Waals surface area contributed by atoms with Gasteiger partial charge in [0.2, 0.25) is 0 Å². The third kappa shape index (κ3) is 1.25. The number of benzene rings is 1. The largest absolute Gasteiger partial charge is 0.508 e. The molecular weight excluding hydrogens is 188 g/mol.